The van der Waals surface area contributed by atoms with Crippen LogP contribution in [0.15, 0.2) is 24.3 Å². The third-order valence-corrected chi connectivity index (χ3v) is 3.57. The highest BCUT2D eigenvalue weighted by atomic mass is 16.2. The van der Waals surface area contributed by atoms with Gasteiger partial charge in [0, 0.05) is 13.1 Å². The normalized spacial score (nSPS) is 18.8. The van der Waals surface area contributed by atoms with Crippen molar-refractivity contribution in [2.75, 3.05) is 6.54 Å². The summed E-state index contributed by atoms with van der Waals surface area (Å²) in [7, 11) is 0. The van der Waals surface area contributed by atoms with E-state index in [2.05, 4.69) is 43.5 Å². The second kappa shape index (κ2) is 5.74. The summed E-state index contributed by atoms with van der Waals surface area (Å²) in [6.07, 6.45) is 1.79. The zero-order chi connectivity index (χ0) is 13.9. The Morgan fingerprint density at radius 1 is 1.32 bits per heavy atom. The molecule has 0 fully saturated rings. The Balaban J connectivity index is 1.85. The number of carbonyl (C=O) groups excluding carboxylic acids is 1. The molecule has 1 amide bonds. The molecule has 1 atom stereocenters. The molecule has 104 valence electrons. The molecule has 0 unspecified atom stereocenters. The SMILES string of the molecule is CC(C)(C)CCNC(=O)[C@@H]1Cc2ccccc2CN1. The van der Waals surface area contributed by atoms with Gasteiger partial charge >= 0.3 is 0 Å². The van der Waals surface area contributed by atoms with E-state index in [0.29, 0.717) is 0 Å². The van der Waals surface area contributed by atoms with Crippen molar-refractivity contribution in [2.24, 2.45) is 5.41 Å². The van der Waals surface area contributed by atoms with E-state index < -0.39 is 0 Å². The van der Waals surface area contributed by atoms with Gasteiger partial charge in [0.1, 0.15) is 0 Å². The van der Waals surface area contributed by atoms with Crippen LogP contribution in [0.2, 0.25) is 0 Å². The molecule has 0 bridgehead atoms. The van der Waals surface area contributed by atoms with Crippen molar-refractivity contribution in [3.8, 4) is 0 Å². The van der Waals surface area contributed by atoms with Crippen molar-refractivity contribution in [1.29, 1.82) is 0 Å². The lowest BCUT2D eigenvalue weighted by atomic mass is 9.92. The molecule has 19 heavy (non-hydrogen) atoms. The Hall–Kier alpha value is -1.35. The number of hydrogen-bond donors (Lipinski definition) is 2. The van der Waals surface area contributed by atoms with Crippen LogP contribution in [0, 0.1) is 5.41 Å². The van der Waals surface area contributed by atoms with Gasteiger partial charge in [-0.3, -0.25) is 4.79 Å². The first-order chi connectivity index (χ1) is 8.96. The predicted octanol–water partition coefficient (Wildman–Crippen LogP) is 2.25. The highest BCUT2D eigenvalue weighted by Gasteiger charge is 2.23. The lowest BCUT2D eigenvalue weighted by Gasteiger charge is -2.26. The first-order valence-corrected chi connectivity index (χ1v) is 7.03. The molecular formula is C16H24N2O. The first-order valence-electron chi connectivity index (χ1n) is 7.03. The Kier molecular flexibility index (Phi) is 4.25. The largest absolute Gasteiger partial charge is 0.355 e. The summed E-state index contributed by atoms with van der Waals surface area (Å²) in [6.45, 7) is 8.10. The highest BCUT2D eigenvalue weighted by Crippen LogP contribution is 2.18. The maximum atomic E-state index is 12.1. The van der Waals surface area contributed by atoms with Gasteiger partial charge in [-0.05, 0) is 29.4 Å². The van der Waals surface area contributed by atoms with Crippen LogP contribution >= 0.6 is 0 Å². The number of rotatable bonds is 3. The third kappa shape index (κ3) is 4.06. The average molecular weight is 260 g/mol. The highest BCUT2D eigenvalue weighted by molar-refractivity contribution is 5.82. The molecule has 0 saturated heterocycles. The molecule has 0 spiro atoms. The van der Waals surface area contributed by atoms with Gasteiger partial charge in [-0.25, -0.2) is 0 Å². The van der Waals surface area contributed by atoms with Crippen molar-refractivity contribution in [1.82, 2.24) is 10.6 Å². The van der Waals surface area contributed by atoms with Crippen LogP contribution in [0.25, 0.3) is 0 Å². The van der Waals surface area contributed by atoms with E-state index in [4.69, 9.17) is 0 Å². The summed E-state index contributed by atoms with van der Waals surface area (Å²) in [5.41, 5.74) is 2.86. The van der Waals surface area contributed by atoms with Crippen LogP contribution < -0.4 is 10.6 Å². The van der Waals surface area contributed by atoms with E-state index in [9.17, 15) is 4.79 Å². The zero-order valence-electron chi connectivity index (χ0n) is 12.1. The first kappa shape index (κ1) is 14.1. The monoisotopic (exact) mass is 260 g/mol. The van der Waals surface area contributed by atoms with Crippen LogP contribution in [-0.4, -0.2) is 18.5 Å². The zero-order valence-corrected chi connectivity index (χ0v) is 12.1. The van der Waals surface area contributed by atoms with E-state index in [1.54, 1.807) is 0 Å². The second-order valence-electron chi connectivity index (χ2n) is 6.51. The molecule has 1 aliphatic heterocycles. The maximum Gasteiger partial charge on any atom is 0.237 e. The molecule has 0 aromatic heterocycles. The minimum Gasteiger partial charge on any atom is -0.355 e. The number of carbonyl (C=O) groups is 1. The fourth-order valence-corrected chi connectivity index (χ4v) is 2.32. The van der Waals surface area contributed by atoms with Crippen molar-refractivity contribution < 1.29 is 4.79 Å². The Morgan fingerprint density at radius 2 is 2.00 bits per heavy atom. The minimum atomic E-state index is -0.0881. The van der Waals surface area contributed by atoms with E-state index >= 15 is 0 Å². The van der Waals surface area contributed by atoms with Crippen LogP contribution in [0.4, 0.5) is 0 Å². The molecule has 3 heteroatoms. The molecule has 0 radical (unpaired) electrons. The predicted molar refractivity (Wildman–Crippen MR) is 77.9 cm³/mol. The maximum absolute atomic E-state index is 12.1. The molecule has 1 aliphatic rings. The Bertz CT molecular complexity index is 448. The molecule has 3 nitrogen and oxygen atoms in total. The van der Waals surface area contributed by atoms with Gasteiger partial charge in [0.2, 0.25) is 5.91 Å². The third-order valence-electron chi connectivity index (χ3n) is 3.57. The fourth-order valence-electron chi connectivity index (χ4n) is 2.32. The minimum absolute atomic E-state index is 0.0881. The lowest BCUT2D eigenvalue weighted by molar-refractivity contribution is -0.123. The van der Waals surface area contributed by atoms with Crippen molar-refractivity contribution >= 4 is 5.91 Å². The van der Waals surface area contributed by atoms with Crippen LogP contribution in [0.1, 0.15) is 38.3 Å². The van der Waals surface area contributed by atoms with Gasteiger partial charge in [0.15, 0.2) is 0 Å². The van der Waals surface area contributed by atoms with Gasteiger partial charge < -0.3 is 10.6 Å². The van der Waals surface area contributed by atoms with Gasteiger partial charge in [0.05, 0.1) is 6.04 Å². The van der Waals surface area contributed by atoms with Crippen LogP contribution in [0.3, 0.4) is 0 Å². The number of amides is 1. The second-order valence-corrected chi connectivity index (χ2v) is 6.51. The van der Waals surface area contributed by atoms with Gasteiger partial charge in [-0.1, -0.05) is 45.0 Å². The van der Waals surface area contributed by atoms with Crippen molar-refractivity contribution in [3.05, 3.63) is 35.4 Å². The van der Waals surface area contributed by atoms with E-state index in [1.807, 2.05) is 12.1 Å². The van der Waals surface area contributed by atoms with Crippen LogP contribution in [0.5, 0.6) is 0 Å². The van der Waals surface area contributed by atoms with Crippen LogP contribution in [-0.2, 0) is 17.8 Å². The van der Waals surface area contributed by atoms with Gasteiger partial charge in [-0.2, -0.15) is 0 Å². The van der Waals surface area contributed by atoms with Gasteiger partial charge in [0.25, 0.3) is 0 Å². The molecular weight excluding hydrogens is 236 g/mol. The molecule has 2 N–H and O–H groups in total. The molecule has 0 saturated carbocycles. The molecule has 1 heterocycles. The van der Waals surface area contributed by atoms with Crippen molar-refractivity contribution in [2.45, 2.75) is 46.2 Å². The topological polar surface area (TPSA) is 41.1 Å². The fraction of sp³-hybridized carbons (Fsp3) is 0.562. The molecule has 1 aromatic carbocycles. The van der Waals surface area contributed by atoms with Gasteiger partial charge in [-0.15, -0.1) is 0 Å². The van der Waals surface area contributed by atoms with Crippen molar-refractivity contribution in [3.63, 3.8) is 0 Å². The summed E-state index contributed by atoms with van der Waals surface area (Å²) < 4.78 is 0. The molecule has 1 aromatic rings. The number of fused-ring (bicyclic) bond motifs is 1. The standard InChI is InChI=1S/C16H24N2O/c1-16(2,3)8-9-17-15(19)14-10-12-6-4-5-7-13(12)11-18-14/h4-7,14,18H,8-11H2,1-3H3,(H,17,19)/t14-/m0/s1. The number of benzene rings is 1. The Labute approximate surface area is 115 Å². The Morgan fingerprint density at radius 3 is 2.68 bits per heavy atom. The summed E-state index contributed by atoms with van der Waals surface area (Å²) in [5, 5.41) is 6.35. The lowest BCUT2D eigenvalue weighted by Crippen LogP contribution is -2.48. The van der Waals surface area contributed by atoms with E-state index in [0.717, 1.165) is 25.9 Å². The average Bonchev–Trinajstić information content (AvgIpc) is 2.36. The summed E-state index contributed by atoms with van der Waals surface area (Å²) in [5.74, 6) is 0.124. The molecule has 0 aliphatic carbocycles. The smallest absolute Gasteiger partial charge is 0.237 e. The molecule has 2 rings (SSSR count). The van der Waals surface area contributed by atoms with E-state index in [-0.39, 0.29) is 17.4 Å². The number of hydrogen-bond acceptors (Lipinski definition) is 2. The summed E-state index contributed by atoms with van der Waals surface area (Å²) in [6, 6.07) is 8.24. The van der Waals surface area contributed by atoms with E-state index in [1.165, 1.54) is 11.1 Å². The summed E-state index contributed by atoms with van der Waals surface area (Å²) >= 11 is 0. The summed E-state index contributed by atoms with van der Waals surface area (Å²) in [4.78, 5) is 12.1. The quantitative estimate of drug-likeness (QED) is 0.875. The number of nitrogens with one attached hydrogen (secondary N) is 2.